The van der Waals surface area contributed by atoms with E-state index in [9.17, 15) is 0 Å². The summed E-state index contributed by atoms with van der Waals surface area (Å²) in [6, 6.07) is 8.26. The van der Waals surface area contributed by atoms with E-state index >= 15 is 0 Å². The first kappa shape index (κ1) is 17.5. The van der Waals surface area contributed by atoms with Crippen molar-refractivity contribution in [2.45, 2.75) is 51.5 Å². The van der Waals surface area contributed by atoms with Crippen molar-refractivity contribution in [3.63, 3.8) is 0 Å². The number of hydrogen-bond acceptors (Lipinski definition) is 2. The van der Waals surface area contributed by atoms with Crippen molar-refractivity contribution in [1.82, 2.24) is 5.32 Å². The van der Waals surface area contributed by atoms with Crippen molar-refractivity contribution in [2.75, 3.05) is 20.3 Å². The Balaban J connectivity index is 2.60. The first-order chi connectivity index (χ1) is 9.42. The van der Waals surface area contributed by atoms with E-state index in [1.165, 1.54) is 18.4 Å². The Labute approximate surface area is 128 Å². The summed E-state index contributed by atoms with van der Waals surface area (Å²) in [5.74, 6) is 0.531. The SMILES string of the molecule is COCCCCC(CNC(C)(C)C)c1ccc(Cl)cc1. The van der Waals surface area contributed by atoms with Gasteiger partial charge < -0.3 is 10.1 Å². The molecule has 0 saturated carbocycles. The number of methoxy groups -OCH3 is 1. The van der Waals surface area contributed by atoms with Crippen LogP contribution >= 0.6 is 11.6 Å². The molecular formula is C17H28ClNO. The minimum atomic E-state index is 0.150. The minimum absolute atomic E-state index is 0.150. The van der Waals surface area contributed by atoms with Crippen LogP contribution in [0.4, 0.5) is 0 Å². The summed E-state index contributed by atoms with van der Waals surface area (Å²) in [4.78, 5) is 0. The molecule has 20 heavy (non-hydrogen) atoms. The van der Waals surface area contributed by atoms with Gasteiger partial charge in [0.2, 0.25) is 0 Å². The second kappa shape index (κ2) is 8.66. The largest absolute Gasteiger partial charge is 0.385 e. The fourth-order valence-corrected chi connectivity index (χ4v) is 2.31. The van der Waals surface area contributed by atoms with Crippen molar-refractivity contribution in [3.8, 4) is 0 Å². The lowest BCUT2D eigenvalue weighted by molar-refractivity contribution is 0.191. The normalized spacial score (nSPS) is 13.4. The highest BCUT2D eigenvalue weighted by molar-refractivity contribution is 6.30. The van der Waals surface area contributed by atoms with Gasteiger partial charge in [0.25, 0.3) is 0 Å². The maximum Gasteiger partial charge on any atom is 0.0462 e. The summed E-state index contributed by atoms with van der Waals surface area (Å²) in [7, 11) is 1.76. The topological polar surface area (TPSA) is 21.3 Å². The van der Waals surface area contributed by atoms with Gasteiger partial charge in [0.1, 0.15) is 0 Å². The summed E-state index contributed by atoms with van der Waals surface area (Å²) >= 11 is 5.98. The number of halogens is 1. The molecule has 0 aliphatic heterocycles. The molecule has 0 aliphatic rings. The zero-order valence-electron chi connectivity index (χ0n) is 13.2. The van der Waals surface area contributed by atoms with Gasteiger partial charge in [0.05, 0.1) is 0 Å². The van der Waals surface area contributed by atoms with Crippen LogP contribution in [0.15, 0.2) is 24.3 Å². The molecule has 2 nitrogen and oxygen atoms in total. The number of nitrogens with one attached hydrogen (secondary N) is 1. The number of benzene rings is 1. The van der Waals surface area contributed by atoms with Crippen LogP contribution in [0.3, 0.4) is 0 Å². The molecule has 0 heterocycles. The van der Waals surface area contributed by atoms with Crippen molar-refractivity contribution in [3.05, 3.63) is 34.9 Å². The van der Waals surface area contributed by atoms with E-state index in [0.717, 1.165) is 24.6 Å². The predicted octanol–water partition coefficient (Wildman–Crippen LogP) is 4.63. The number of unbranched alkanes of at least 4 members (excludes halogenated alkanes) is 1. The molecule has 0 saturated heterocycles. The molecule has 1 aromatic rings. The van der Waals surface area contributed by atoms with Gasteiger partial charge in [-0.1, -0.05) is 30.2 Å². The Hall–Kier alpha value is -0.570. The van der Waals surface area contributed by atoms with Gasteiger partial charge in [-0.2, -0.15) is 0 Å². The monoisotopic (exact) mass is 297 g/mol. The van der Waals surface area contributed by atoms with Crippen molar-refractivity contribution in [2.24, 2.45) is 0 Å². The highest BCUT2D eigenvalue weighted by Gasteiger charge is 2.15. The number of ether oxygens (including phenoxy) is 1. The summed E-state index contributed by atoms with van der Waals surface area (Å²) in [5, 5.41) is 4.41. The average Bonchev–Trinajstić information content (AvgIpc) is 2.38. The molecule has 3 heteroatoms. The van der Waals surface area contributed by atoms with Gasteiger partial charge in [0, 0.05) is 30.8 Å². The van der Waals surface area contributed by atoms with Gasteiger partial charge >= 0.3 is 0 Å². The van der Waals surface area contributed by atoms with E-state index in [4.69, 9.17) is 16.3 Å². The van der Waals surface area contributed by atoms with Crippen LogP contribution in [0, 0.1) is 0 Å². The highest BCUT2D eigenvalue weighted by atomic mass is 35.5. The van der Waals surface area contributed by atoms with Gasteiger partial charge in [-0.05, 0) is 57.2 Å². The van der Waals surface area contributed by atoms with E-state index in [0.29, 0.717) is 5.92 Å². The standard InChI is InChI=1S/C17H28ClNO/c1-17(2,3)19-13-15(7-5-6-12-20-4)14-8-10-16(18)11-9-14/h8-11,15,19H,5-7,12-13H2,1-4H3. The summed E-state index contributed by atoms with van der Waals surface area (Å²) in [6.45, 7) is 8.46. The molecule has 1 rings (SSSR count). The predicted molar refractivity (Wildman–Crippen MR) is 87.7 cm³/mol. The first-order valence-corrected chi connectivity index (χ1v) is 7.79. The number of hydrogen-bond donors (Lipinski definition) is 1. The Morgan fingerprint density at radius 1 is 1.15 bits per heavy atom. The second-order valence-corrected chi connectivity index (χ2v) is 6.80. The quantitative estimate of drug-likeness (QED) is 0.707. The minimum Gasteiger partial charge on any atom is -0.385 e. The molecule has 114 valence electrons. The Morgan fingerprint density at radius 2 is 1.80 bits per heavy atom. The molecule has 1 atom stereocenters. The van der Waals surface area contributed by atoms with E-state index in [2.05, 4.69) is 38.2 Å². The first-order valence-electron chi connectivity index (χ1n) is 7.42. The molecule has 0 aromatic heterocycles. The third kappa shape index (κ3) is 7.28. The molecule has 0 spiro atoms. The molecule has 0 fully saturated rings. The Kier molecular flexibility index (Phi) is 7.57. The van der Waals surface area contributed by atoms with E-state index < -0.39 is 0 Å². The fourth-order valence-electron chi connectivity index (χ4n) is 2.19. The molecule has 0 radical (unpaired) electrons. The fraction of sp³-hybridized carbons (Fsp3) is 0.647. The van der Waals surface area contributed by atoms with Crippen molar-refractivity contribution in [1.29, 1.82) is 0 Å². The van der Waals surface area contributed by atoms with Crippen LogP contribution in [0.2, 0.25) is 5.02 Å². The molecule has 1 N–H and O–H groups in total. The van der Waals surface area contributed by atoms with Gasteiger partial charge in [-0.3, -0.25) is 0 Å². The van der Waals surface area contributed by atoms with Crippen LogP contribution in [0.25, 0.3) is 0 Å². The average molecular weight is 298 g/mol. The second-order valence-electron chi connectivity index (χ2n) is 6.37. The van der Waals surface area contributed by atoms with Crippen molar-refractivity contribution >= 4 is 11.6 Å². The summed E-state index contributed by atoms with van der Waals surface area (Å²) in [6.07, 6.45) is 3.48. The van der Waals surface area contributed by atoms with Crippen LogP contribution in [-0.4, -0.2) is 25.8 Å². The number of rotatable bonds is 8. The zero-order valence-corrected chi connectivity index (χ0v) is 14.0. The van der Waals surface area contributed by atoms with Crippen LogP contribution in [0.5, 0.6) is 0 Å². The lowest BCUT2D eigenvalue weighted by Crippen LogP contribution is -2.38. The van der Waals surface area contributed by atoms with Gasteiger partial charge in [-0.15, -0.1) is 0 Å². The smallest absolute Gasteiger partial charge is 0.0462 e. The zero-order chi connectivity index (χ0) is 15.0. The summed E-state index contributed by atoms with van der Waals surface area (Å²) in [5.41, 5.74) is 1.51. The van der Waals surface area contributed by atoms with Crippen LogP contribution in [0.1, 0.15) is 51.5 Å². The molecule has 1 unspecified atom stereocenters. The maximum absolute atomic E-state index is 5.98. The van der Waals surface area contributed by atoms with Crippen LogP contribution < -0.4 is 5.32 Å². The lowest BCUT2D eigenvalue weighted by Gasteiger charge is -2.26. The van der Waals surface area contributed by atoms with E-state index in [1.807, 2.05) is 12.1 Å². The van der Waals surface area contributed by atoms with E-state index in [-0.39, 0.29) is 5.54 Å². The molecule has 0 amide bonds. The van der Waals surface area contributed by atoms with Gasteiger partial charge in [0.15, 0.2) is 0 Å². The highest BCUT2D eigenvalue weighted by Crippen LogP contribution is 2.24. The summed E-state index contributed by atoms with van der Waals surface area (Å²) < 4.78 is 5.13. The van der Waals surface area contributed by atoms with Gasteiger partial charge in [-0.25, -0.2) is 0 Å². The lowest BCUT2D eigenvalue weighted by atomic mass is 9.92. The third-order valence-electron chi connectivity index (χ3n) is 3.37. The molecule has 0 bridgehead atoms. The molecule has 1 aromatic carbocycles. The maximum atomic E-state index is 5.98. The molecular weight excluding hydrogens is 270 g/mol. The van der Waals surface area contributed by atoms with Crippen LogP contribution in [-0.2, 0) is 4.74 Å². The third-order valence-corrected chi connectivity index (χ3v) is 3.62. The molecule has 0 aliphatic carbocycles. The van der Waals surface area contributed by atoms with E-state index in [1.54, 1.807) is 7.11 Å². The Bertz CT molecular complexity index is 370. The van der Waals surface area contributed by atoms with Crippen molar-refractivity contribution < 1.29 is 4.74 Å². The Morgan fingerprint density at radius 3 is 2.35 bits per heavy atom.